The van der Waals surface area contributed by atoms with Gasteiger partial charge in [-0.2, -0.15) is 5.10 Å². The fraction of sp³-hybridized carbons (Fsp3) is 0.771. The van der Waals surface area contributed by atoms with Crippen LogP contribution in [0.25, 0.3) is 0 Å². The molecule has 1 heterocycles. The van der Waals surface area contributed by atoms with E-state index in [9.17, 15) is 19.5 Å². The van der Waals surface area contributed by atoms with Crippen molar-refractivity contribution in [3.63, 3.8) is 0 Å². The first-order valence-electron chi connectivity index (χ1n) is 16.2. The molecule has 0 amide bonds. The zero-order valence-electron chi connectivity index (χ0n) is 26.7. The smallest absolute Gasteiger partial charge is 0.309 e. The average molecular weight is 579 g/mol. The monoisotopic (exact) mass is 578 g/mol. The first-order chi connectivity index (χ1) is 19.5. The zero-order chi connectivity index (χ0) is 30.6. The normalized spacial score (nSPS) is 45.5. The highest BCUT2D eigenvalue weighted by molar-refractivity contribution is 5.76. The van der Waals surface area contributed by atoms with E-state index in [4.69, 9.17) is 9.84 Å². The number of esters is 1. The van der Waals surface area contributed by atoms with Gasteiger partial charge in [-0.3, -0.25) is 14.4 Å². The van der Waals surface area contributed by atoms with E-state index >= 15 is 0 Å². The maximum atomic E-state index is 13.0. The Morgan fingerprint density at radius 1 is 0.976 bits per heavy atom. The van der Waals surface area contributed by atoms with E-state index in [1.165, 1.54) is 18.5 Å². The van der Waals surface area contributed by atoms with Crippen LogP contribution in [0.15, 0.2) is 18.3 Å². The third-order valence-corrected chi connectivity index (χ3v) is 14.3. The van der Waals surface area contributed by atoms with E-state index in [1.54, 1.807) is 0 Å². The number of aromatic nitrogens is 2. The molecule has 1 aromatic rings. The molecule has 0 bridgehead atoms. The third-order valence-electron chi connectivity index (χ3n) is 14.3. The van der Waals surface area contributed by atoms with Crippen LogP contribution >= 0.6 is 0 Å². The van der Waals surface area contributed by atoms with Gasteiger partial charge in [-0.05, 0) is 116 Å². The summed E-state index contributed by atoms with van der Waals surface area (Å²) in [5, 5.41) is 15.5. The molecule has 0 aromatic carbocycles. The summed E-state index contributed by atoms with van der Waals surface area (Å²) in [6.45, 7) is 19.4. The molecule has 1 N–H and O–H groups in total. The van der Waals surface area contributed by atoms with Crippen molar-refractivity contribution in [2.45, 2.75) is 112 Å². The number of carbonyl (C=O) groups is 3. The minimum absolute atomic E-state index is 0.0294. The summed E-state index contributed by atoms with van der Waals surface area (Å²) in [6, 6.07) is 0. The highest BCUT2D eigenvalue weighted by Crippen LogP contribution is 2.77. The van der Waals surface area contributed by atoms with Crippen molar-refractivity contribution < 1.29 is 24.2 Å². The van der Waals surface area contributed by atoms with Crippen LogP contribution in [0.5, 0.6) is 0 Å². The standard InChI is InChI=1S/C35H50N2O5/c1-20(2)24-11-14-35(30(40)41)16-15-33(7)25(28(24)35)9-10-27-31(5)17-23-18-37(21(3)38)36-29(23)32(6,19-42-22(4)39)26(31)12-13-34(27,33)8/h18,24-28H,1,9-17,19H2,2-8H3,(H,40,41)/t24-,25+,26+,27+,28+,31-,32-,33+,34+,35-/m0/s1. The minimum Gasteiger partial charge on any atom is -0.481 e. The molecule has 6 rings (SSSR count). The molecule has 5 aliphatic rings. The molecule has 4 fully saturated rings. The van der Waals surface area contributed by atoms with E-state index in [1.807, 2.05) is 6.20 Å². The van der Waals surface area contributed by atoms with Crippen LogP contribution in [0, 0.1) is 51.2 Å². The van der Waals surface area contributed by atoms with Gasteiger partial charge in [-0.15, -0.1) is 0 Å². The number of nitrogens with zero attached hydrogens (tertiary/aromatic N) is 2. The molecular formula is C35H50N2O5. The quantitative estimate of drug-likeness (QED) is 0.310. The van der Waals surface area contributed by atoms with E-state index in [-0.39, 0.29) is 52.5 Å². The number of rotatable bonds is 4. The Hall–Kier alpha value is -2.44. The van der Waals surface area contributed by atoms with Gasteiger partial charge in [0.25, 0.3) is 0 Å². The van der Waals surface area contributed by atoms with Crippen LogP contribution in [0.2, 0.25) is 0 Å². The molecule has 0 spiro atoms. The second-order valence-electron chi connectivity index (χ2n) is 16.0. The SMILES string of the molecule is C=C(C)[C@@H]1CC[C@]2(C(=O)O)CC[C@]3(C)[C@H](CC[C@@H]4[C@@]5(C)Cc6cn(C(C)=O)nc6[C@@](C)(COC(C)=O)[C@@H]5CC[C@]43C)[C@@H]12. The van der Waals surface area contributed by atoms with E-state index in [2.05, 4.69) is 41.2 Å². The topological polar surface area (TPSA) is 98.5 Å². The third kappa shape index (κ3) is 3.63. The van der Waals surface area contributed by atoms with Gasteiger partial charge in [0.2, 0.25) is 5.91 Å². The number of carboxylic acid groups (broad SMARTS) is 1. The fourth-order valence-electron chi connectivity index (χ4n) is 12.3. The summed E-state index contributed by atoms with van der Waals surface area (Å²) in [5.41, 5.74) is 2.05. The van der Waals surface area contributed by atoms with Crippen molar-refractivity contribution in [3.05, 3.63) is 29.6 Å². The number of fused-ring (bicyclic) bond motifs is 8. The van der Waals surface area contributed by atoms with Crippen molar-refractivity contribution in [1.82, 2.24) is 9.78 Å². The van der Waals surface area contributed by atoms with Crippen LogP contribution < -0.4 is 0 Å². The lowest BCUT2D eigenvalue weighted by Gasteiger charge is -2.72. The Bertz CT molecular complexity index is 1360. The summed E-state index contributed by atoms with van der Waals surface area (Å²) in [7, 11) is 0. The maximum Gasteiger partial charge on any atom is 0.309 e. The lowest BCUT2D eigenvalue weighted by atomic mass is 9.32. The largest absolute Gasteiger partial charge is 0.481 e. The van der Waals surface area contributed by atoms with E-state index < -0.39 is 16.8 Å². The van der Waals surface area contributed by atoms with E-state index in [0.29, 0.717) is 11.8 Å². The fourth-order valence-corrected chi connectivity index (χ4v) is 12.3. The minimum atomic E-state index is -0.623. The van der Waals surface area contributed by atoms with Crippen LogP contribution in [0.4, 0.5) is 0 Å². The number of ether oxygens (including phenoxy) is 1. The van der Waals surface area contributed by atoms with Gasteiger partial charge in [-0.1, -0.05) is 39.8 Å². The summed E-state index contributed by atoms with van der Waals surface area (Å²) in [6.07, 6.45) is 10.4. The number of aliphatic carboxylic acids is 1. The van der Waals surface area contributed by atoms with Crippen LogP contribution in [-0.2, 0) is 26.2 Å². The average Bonchev–Trinajstić information content (AvgIpc) is 3.51. The summed E-state index contributed by atoms with van der Waals surface area (Å²) in [5.74, 6) is 0.467. The van der Waals surface area contributed by atoms with E-state index in [0.717, 1.165) is 74.6 Å². The summed E-state index contributed by atoms with van der Waals surface area (Å²) >= 11 is 0. The first-order valence-corrected chi connectivity index (χ1v) is 16.2. The van der Waals surface area contributed by atoms with Crippen LogP contribution in [0.1, 0.15) is 116 Å². The molecule has 0 saturated heterocycles. The Morgan fingerprint density at radius 2 is 1.69 bits per heavy atom. The Balaban J connectivity index is 1.44. The number of carboxylic acids is 1. The predicted molar refractivity (Wildman–Crippen MR) is 160 cm³/mol. The molecule has 7 heteroatoms. The molecule has 0 radical (unpaired) electrons. The molecular weight excluding hydrogens is 528 g/mol. The van der Waals surface area contributed by atoms with Gasteiger partial charge in [-0.25, -0.2) is 4.68 Å². The van der Waals surface area contributed by atoms with Gasteiger partial charge in [0.05, 0.1) is 11.1 Å². The highest BCUT2D eigenvalue weighted by atomic mass is 16.5. The zero-order valence-corrected chi connectivity index (χ0v) is 26.7. The molecule has 7 nitrogen and oxygen atoms in total. The maximum absolute atomic E-state index is 13.0. The van der Waals surface area contributed by atoms with Gasteiger partial charge in [0.15, 0.2) is 0 Å². The van der Waals surface area contributed by atoms with Crippen molar-refractivity contribution in [3.8, 4) is 0 Å². The lowest BCUT2D eigenvalue weighted by molar-refractivity contribution is -0.230. The molecule has 10 atom stereocenters. The van der Waals surface area contributed by atoms with Crippen molar-refractivity contribution >= 4 is 17.8 Å². The number of allylic oxidation sites excluding steroid dienone is 1. The molecule has 42 heavy (non-hydrogen) atoms. The van der Waals surface area contributed by atoms with Gasteiger partial charge >= 0.3 is 11.9 Å². The Morgan fingerprint density at radius 3 is 2.31 bits per heavy atom. The molecule has 1 aromatic heterocycles. The second-order valence-corrected chi connectivity index (χ2v) is 16.0. The van der Waals surface area contributed by atoms with Crippen molar-refractivity contribution in [2.24, 2.45) is 51.2 Å². The Labute approximate surface area is 250 Å². The van der Waals surface area contributed by atoms with Gasteiger partial charge in [0.1, 0.15) is 6.61 Å². The van der Waals surface area contributed by atoms with Crippen molar-refractivity contribution in [2.75, 3.05) is 6.61 Å². The van der Waals surface area contributed by atoms with Gasteiger partial charge < -0.3 is 9.84 Å². The number of hydrogen-bond donors (Lipinski definition) is 1. The van der Waals surface area contributed by atoms with Crippen molar-refractivity contribution in [1.29, 1.82) is 0 Å². The molecule has 230 valence electrons. The molecule has 4 saturated carbocycles. The van der Waals surface area contributed by atoms with Crippen LogP contribution in [-0.4, -0.2) is 39.3 Å². The van der Waals surface area contributed by atoms with Crippen LogP contribution in [0.3, 0.4) is 0 Å². The highest BCUT2D eigenvalue weighted by Gasteiger charge is 2.72. The number of hydrogen-bond acceptors (Lipinski definition) is 5. The van der Waals surface area contributed by atoms with Gasteiger partial charge in [0, 0.05) is 25.5 Å². The summed E-state index contributed by atoms with van der Waals surface area (Å²) in [4.78, 5) is 37.4. The Kier molecular flexibility index (Phi) is 6.55. The molecule has 5 aliphatic carbocycles. The second kappa shape index (κ2) is 9.28. The molecule has 0 unspecified atom stereocenters. The first kappa shape index (κ1) is 29.6. The summed E-state index contributed by atoms with van der Waals surface area (Å²) < 4.78 is 7.22. The molecule has 0 aliphatic heterocycles. The lowest BCUT2D eigenvalue weighted by Crippen LogP contribution is -2.67. The predicted octanol–water partition coefficient (Wildman–Crippen LogP) is 6.84. The number of carbonyl (C=O) groups excluding carboxylic acids is 2.